The average Bonchev–Trinajstić information content (AvgIpc) is 1.99. The molecule has 0 aromatic carbocycles. The summed E-state index contributed by atoms with van der Waals surface area (Å²) in [5.74, 6) is -1.54. The second-order valence-electron chi connectivity index (χ2n) is 3.16. The zero-order chi connectivity index (χ0) is 11.3. The second-order valence-corrected chi connectivity index (χ2v) is 3.16. The molecular formula is C8H15N3O3. The summed E-state index contributed by atoms with van der Waals surface area (Å²) >= 11 is 0. The lowest BCUT2D eigenvalue weighted by Gasteiger charge is -2.23. The van der Waals surface area contributed by atoms with Crippen molar-refractivity contribution in [2.24, 2.45) is 5.92 Å². The summed E-state index contributed by atoms with van der Waals surface area (Å²) in [7, 11) is 0. The van der Waals surface area contributed by atoms with Crippen molar-refractivity contribution in [3.05, 3.63) is 0 Å². The maximum Gasteiger partial charge on any atom is 0.263 e. The van der Waals surface area contributed by atoms with Crippen LogP contribution in [-0.2, 0) is 14.4 Å². The molecule has 0 heterocycles. The van der Waals surface area contributed by atoms with Gasteiger partial charge in [0.1, 0.15) is 0 Å². The van der Waals surface area contributed by atoms with Crippen molar-refractivity contribution in [2.45, 2.75) is 27.7 Å². The fraction of sp³-hybridized carbons (Fsp3) is 0.625. The van der Waals surface area contributed by atoms with Gasteiger partial charge in [-0.25, -0.2) is 10.9 Å². The minimum absolute atomic E-state index is 0.311. The number of carbonyl (C=O) groups excluding carboxylic acids is 3. The van der Waals surface area contributed by atoms with Gasteiger partial charge in [0.15, 0.2) is 0 Å². The molecule has 6 nitrogen and oxygen atoms in total. The monoisotopic (exact) mass is 201 g/mol. The van der Waals surface area contributed by atoms with Gasteiger partial charge in [-0.3, -0.25) is 14.4 Å². The first kappa shape index (κ1) is 12.4. The van der Waals surface area contributed by atoms with E-state index in [2.05, 4.69) is 10.9 Å². The van der Waals surface area contributed by atoms with Gasteiger partial charge in [-0.1, -0.05) is 13.8 Å². The van der Waals surface area contributed by atoms with Gasteiger partial charge in [-0.15, -0.1) is 0 Å². The zero-order valence-electron chi connectivity index (χ0n) is 8.75. The van der Waals surface area contributed by atoms with E-state index in [9.17, 15) is 14.4 Å². The van der Waals surface area contributed by atoms with Crippen molar-refractivity contribution in [1.82, 2.24) is 16.0 Å². The molecule has 2 N–H and O–H groups in total. The van der Waals surface area contributed by atoms with E-state index >= 15 is 0 Å². The summed E-state index contributed by atoms with van der Waals surface area (Å²) in [6.45, 7) is 5.84. The van der Waals surface area contributed by atoms with E-state index in [4.69, 9.17) is 0 Å². The lowest BCUT2D eigenvalue weighted by Crippen LogP contribution is -2.56. The van der Waals surface area contributed by atoms with Gasteiger partial charge >= 0.3 is 0 Å². The molecule has 0 atom stereocenters. The molecule has 14 heavy (non-hydrogen) atoms. The number of carbonyl (C=O) groups is 3. The van der Waals surface area contributed by atoms with Crippen LogP contribution in [0.25, 0.3) is 0 Å². The van der Waals surface area contributed by atoms with Crippen LogP contribution in [0.5, 0.6) is 0 Å². The number of nitrogens with one attached hydrogen (secondary N) is 2. The van der Waals surface area contributed by atoms with E-state index in [0.29, 0.717) is 0 Å². The smallest absolute Gasteiger partial charge is 0.263 e. The summed E-state index contributed by atoms with van der Waals surface area (Å²) in [5, 5.41) is 0.801. The zero-order valence-corrected chi connectivity index (χ0v) is 8.75. The first-order valence-electron chi connectivity index (χ1n) is 4.23. The molecule has 0 unspecified atom stereocenters. The maximum absolute atomic E-state index is 11.4. The Bertz CT molecular complexity index is 234. The highest BCUT2D eigenvalue weighted by Crippen LogP contribution is 1.96. The Morgan fingerprint density at radius 2 is 1.36 bits per heavy atom. The van der Waals surface area contributed by atoms with E-state index < -0.39 is 11.8 Å². The molecule has 0 radical (unpaired) electrons. The highest BCUT2D eigenvalue weighted by molar-refractivity contribution is 5.84. The van der Waals surface area contributed by atoms with Crippen molar-refractivity contribution < 1.29 is 14.4 Å². The highest BCUT2D eigenvalue weighted by Gasteiger charge is 2.18. The molecular weight excluding hydrogens is 186 g/mol. The van der Waals surface area contributed by atoms with Crippen LogP contribution < -0.4 is 10.9 Å². The third-order valence-corrected chi connectivity index (χ3v) is 1.25. The molecule has 0 spiro atoms. The molecule has 0 fully saturated rings. The largest absolute Gasteiger partial charge is 0.274 e. The predicted octanol–water partition coefficient (Wildman–Crippen LogP) is -0.427. The number of nitrogens with zero attached hydrogens (tertiary/aromatic N) is 1. The Labute approximate surface area is 82.6 Å². The Balaban J connectivity index is 4.46. The second kappa shape index (κ2) is 5.21. The van der Waals surface area contributed by atoms with Crippen LogP contribution in [0.1, 0.15) is 27.7 Å². The van der Waals surface area contributed by atoms with Gasteiger partial charge in [0.2, 0.25) is 11.8 Å². The standard InChI is InChI=1S/C8H15N3O3/c1-5(2)8(14)11(9-6(3)12)10-7(4)13/h5H,1-4H3,(H,9,12)(H,10,13). The molecule has 0 rings (SSSR count). The summed E-state index contributed by atoms with van der Waals surface area (Å²) in [6.07, 6.45) is 0. The Kier molecular flexibility index (Phi) is 4.62. The maximum atomic E-state index is 11.4. The lowest BCUT2D eigenvalue weighted by atomic mass is 10.2. The van der Waals surface area contributed by atoms with Crippen molar-refractivity contribution in [1.29, 1.82) is 0 Å². The topological polar surface area (TPSA) is 78.5 Å². The highest BCUT2D eigenvalue weighted by atomic mass is 16.2. The Morgan fingerprint density at radius 3 is 1.57 bits per heavy atom. The fourth-order valence-corrected chi connectivity index (χ4v) is 0.711. The van der Waals surface area contributed by atoms with Crippen LogP contribution in [0.3, 0.4) is 0 Å². The molecule has 0 saturated heterocycles. The van der Waals surface area contributed by atoms with Gasteiger partial charge in [0.05, 0.1) is 0 Å². The van der Waals surface area contributed by atoms with E-state index in [-0.39, 0.29) is 11.8 Å². The van der Waals surface area contributed by atoms with Gasteiger partial charge in [0.25, 0.3) is 5.91 Å². The summed E-state index contributed by atoms with van der Waals surface area (Å²) in [6, 6.07) is 0. The summed E-state index contributed by atoms with van der Waals surface area (Å²) in [5.41, 5.74) is 4.41. The molecule has 0 aliphatic rings. The predicted molar refractivity (Wildman–Crippen MR) is 49.3 cm³/mol. The van der Waals surface area contributed by atoms with Crippen LogP contribution in [0, 0.1) is 5.92 Å². The quantitative estimate of drug-likeness (QED) is 0.565. The van der Waals surface area contributed by atoms with Crippen molar-refractivity contribution >= 4 is 17.7 Å². The number of hydrogen-bond acceptors (Lipinski definition) is 3. The van der Waals surface area contributed by atoms with Crippen LogP contribution in [-0.4, -0.2) is 22.8 Å². The van der Waals surface area contributed by atoms with Gasteiger partial charge in [-0.2, -0.15) is 5.12 Å². The Morgan fingerprint density at radius 1 is 1.00 bits per heavy atom. The molecule has 0 saturated carbocycles. The SMILES string of the molecule is CC(=O)NN(NC(C)=O)C(=O)C(C)C. The van der Waals surface area contributed by atoms with E-state index in [1.807, 2.05) is 0 Å². The van der Waals surface area contributed by atoms with Gasteiger partial charge in [0, 0.05) is 19.8 Å². The van der Waals surface area contributed by atoms with Crippen molar-refractivity contribution in [2.75, 3.05) is 0 Å². The van der Waals surface area contributed by atoms with Crippen LogP contribution in [0.2, 0.25) is 0 Å². The molecule has 0 aromatic rings. The average molecular weight is 201 g/mol. The first-order chi connectivity index (χ1) is 6.34. The Hall–Kier alpha value is -1.59. The summed E-state index contributed by atoms with van der Waals surface area (Å²) in [4.78, 5) is 32.8. The molecule has 0 aliphatic heterocycles. The van der Waals surface area contributed by atoms with Gasteiger partial charge in [-0.05, 0) is 0 Å². The van der Waals surface area contributed by atoms with Crippen molar-refractivity contribution in [3.63, 3.8) is 0 Å². The molecule has 3 amide bonds. The third-order valence-electron chi connectivity index (χ3n) is 1.25. The fourth-order valence-electron chi connectivity index (χ4n) is 0.711. The molecule has 0 aromatic heterocycles. The van der Waals surface area contributed by atoms with Crippen molar-refractivity contribution in [3.8, 4) is 0 Å². The normalized spacial score (nSPS) is 9.50. The van der Waals surface area contributed by atoms with Crippen LogP contribution in [0.15, 0.2) is 0 Å². The molecule has 0 bridgehead atoms. The molecule has 6 heteroatoms. The minimum Gasteiger partial charge on any atom is -0.274 e. The number of hydrazine groups is 2. The third kappa shape index (κ3) is 4.44. The molecule has 0 aliphatic carbocycles. The van der Waals surface area contributed by atoms with Gasteiger partial charge < -0.3 is 0 Å². The van der Waals surface area contributed by atoms with Crippen LogP contribution in [0.4, 0.5) is 0 Å². The van der Waals surface area contributed by atoms with E-state index in [1.54, 1.807) is 13.8 Å². The minimum atomic E-state index is -0.423. The summed E-state index contributed by atoms with van der Waals surface area (Å²) < 4.78 is 0. The van der Waals surface area contributed by atoms with Crippen LogP contribution >= 0.6 is 0 Å². The number of amides is 3. The number of rotatable bonds is 1. The van der Waals surface area contributed by atoms with E-state index in [1.165, 1.54) is 13.8 Å². The number of hydrogen-bond donors (Lipinski definition) is 2. The first-order valence-corrected chi connectivity index (χ1v) is 4.23. The lowest BCUT2D eigenvalue weighted by molar-refractivity contribution is -0.151. The molecule has 80 valence electrons. The van der Waals surface area contributed by atoms with E-state index in [0.717, 1.165) is 5.12 Å².